The normalized spacial score (nSPS) is 10.5. The number of carbonyl (C=O) groups is 1. The Morgan fingerprint density at radius 3 is 2.52 bits per heavy atom. The van der Waals surface area contributed by atoms with Gasteiger partial charge in [-0.25, -0.2) is 9.97 Å². The molecule has 3 rings (SSSR count). The molecule has 1 aromatic heterocycles. The molecule has 138 valence electrons. The quantitative estimate of drug-likeness (QED) is 0.700. The van der Waals surface area contributed by atoms with E-state index in [4.69, 9.17) is 11.6 Å². The van der Waals surface area contributed by atoms with E-state index in [-0.39, 0.29) is 5.91 Å². The van der Waals surface area contributed by atoms with Gasteiger partial charge in [0, 0.05) is 30.0 Å². The van der Waals surface area contributed by atoms with Crippen LogP contribution in [0, 0.1) is 13.8 Å². The van der Waals surface area contributed by atoms with Gasteiger partial charge in [-0.3, -0.25) is 4.79 Å². The Morgan fingerprint density at radius 1 is 1.07 bits per heavy atom. The molecular formula is C21H21ClN4O. The minimum atomic E-state index is -0.296. The van der Waals surface area contributed by atoms with Crippen LogP contribution in [0.4, 0.5) is 11.6 Å². The Balaban J connectivity index is 1.79. The van der Waals surface area contributed by atoms with Crippen molar-refractivity contribution >= 4 is 29.1 Å². The lowest BCUT2D eigenvalue weighted by Crippen LogP contribution is -2.22. The number of benzene rings is 2. The van der Waals surface area contributed by atoms with Crippen LogP contribution in [0.2, 0.25) is 5.02 Å². The second-order valence-corrected chi connectivity index (χ2v) is 6.86. The van der Waals surface area contributed by atoms with Crippen molar-refractivity contribution in [2.45, 2.75) is 20.4 Å². The van der Waals surface area contributed by atoms with Gasteiger partial charge in [0.1, 0.15) is 5.69 Å². The molecule has 1 heterocycles. The van der Waals surface area contributed by atoms with Crippen molar-refractivity contribution in [3.8, 4) is 0 Å². The lowest BCUT2D eigenvalue weighted by Gasteiger charge is -2.18. The van der Waals surface area contributed by atoms with Gasteiger partial charge in [-0.1, -0.05) is 48.0 Å². The Labute approximate surface area is 164 Å². The lowest BCUT2D eigenvalue weighted by atomic mass is 10.2. The number of hydrogen-bond acceptors (Lipinski definition) is 4. The van der Waals surface area contributed by atoms with E-state index in [0.717, 1.165) is 16.8 Å². The number of anilines is 2. The molecule has 0 aliphatic rings. The van der Waals surface area contributed by atoms with E-state index in [2.05, 4.69) is 15.3 Å². The number of hydrogen-bond donors (Lipinski definition) is 1. The van der Waals surface area contributed by atoms with Gasteiger partial charge in [0.05, 0.1) is 0 Å². The van der Waals surface area contributed by atoms with E-state index in [1.807, 2.05) is 68.3 Å². The molecule has 0 aliphatic carbocycles. The summed E-state index contributed by atoms with van der Waals surface area (Å²) >= 11 is 6.13. The molecule has 0 radical (unpaired) electrons. The molecule has 3 aromatic rings. The zero-order valence-corrected chi connectivity index (χ0v) is 16.3. The fraction of sp³-hybridized carbons (Fsp3) is 0.190. The van der Waals surface area contributed by atoms with Crippen LogP contribution in [0.25, 0.3) is 0 Å². The number of amides is 1. The highest BCUT2D eigenvalue weighted by atomic mass is 35.5. The minimum absolute atomic E-state index is 0.296. The molecule has 0 aliphatic heterocycles. The summed E-state index contributed by atoms with van der Waals surface area (Å²) < 4.78 is 0. The third-order valence-electron chi connectivity index (χ3n) is 4.11. The molecule has 1 N–H and O–H groups in total. The third kappa shape index (κ3) is 4.83. The fourth-order valence-electron chi connectivity index (χ4n) is 2.63. The van der Waals surface area contributed by atoms with Crippen LogP contribution in [0.1, 0.15) is 27.3 Å². The van der Waals surface area contributed by atoms with E-state index in [1.54, 1.807) is 12.1 Å². The molecule has 0 atom stereocenters. The predicted molar refractivity (Wildman–Crippen MR) is 109 cm³/mol. The maximum absolute atomic E-state index is 12.6. The summed E-state index contributed by atoms with van der Waals surface area (Å²) in [5, 5.41) is 3.44. The molecule has 0 fully saturated rings. The number of nitrogens with one attached hydrogen (secondary N) is 1. The highest BCUT2D eigenvalue weighted by Crippen LogP contribution is 2.21. The Kier molecular flexibility index (Phi) is 5.72. The van der Waals surface area contributed by atoms with Crippen LogP contribution in [0.15, 0.2) is 54.6 Å². The highest BCUT2D eigenvalue weighted by Gasteiger charge is 2.14. The maximum Gasteiger partial charge on any atom is 0.274 e. The van der Waals surface area contributed by atoms with E-state index in [1.165, 1.54) is 0 Å². The minimum Gasteiger partial charge on any atom is -0.340 e. The van der Waals surface area contributed by atoms with Gasteiger partial charge in [0.25, 0.3) is 5.91 Å². The Bertz CT molecular complexity index is 960. The van der Waals surface area contributed by atoms with Gasteiger partial charge < -0.3 is 10.2 Å². The molecule has 6 heteroatoms. The first-order valence-corrected chi connectivity index (χ1v) is 8.98. The largest absolute Gasteiger partial charge is 0.340 e. The standard InChI is InChI=1S/C21H21ClN4O/c1-14-9-10-17(12-18(14)22)24-20(27)19-11-15(2)23-21(25-19)26(3)13-16-7-5-4-6-8-16/h4-12H,13H2,1-3H3,(H,24,27). The average Bonchev–Trinajstić information content (AvgIpc) is 2.65. The summed E-state index contributed by atoms with van der Waals surface area (Å²) in [6.07, 6.45) is 0. The van der Waals surface area contributed by atoms with Crippen LogP contribution >= 0.6 is 11.6 Å². The smallest absolute Gasteiger partial charge is 0.274 e. The van der Waals surface area contributed by atoms with Crippen molar-refractivity contribution in [2.75, 3.05) is 17.3 Å². The highest BCUT2D eigenvalue weighted by molar-refractivity contribution is 6.31. The Morgan fingerprint density at radius 2 is 1.81 bits per heavy atom. The molecule has 1 amide bonds. The lowest BCUT2D eigenvalue weighted by molar-refractivity contribution is 0.102. The number of rotatable bonds is 5. The predicted octanol–water partition coefficient (Wildman–Crippen LogP) is 4.64. The first-order valence-electron chi connectivity index (χ1n) is 8.60. The molecule has 0 unspecified atom stereocenters. The van der Waals surface area contributed by atoms with Crippen molar-refractivity contribution in [1.82, 2.24) is 9.97 Å². The van der Waals surface area contributed by atoms with Gasteiger partial charge >= 0.3 is 0 Å². The first kappa shape index (κ1) is 18.9. The van der Waals surface area contributed by atoms with E-state index in [0.29, 0.717) is 28.9 Å². The molecule has 0 spiro atoms. The molecule has 0 bridgehead atoms. The van der Waals surface area contributed by atoms with Crippen molar-refractivity contribution in [1.29, 1.82) is 0 Å². The summed E-state index contributed by atoms with van der Waals surface area (Å²) in [5.41, 5.74) is 3.77. The van der Waals surface area contributed by atoms with Gasteiger partial charge in [0.15, 0.2) is 0 Å². The van der Waals surface area contributed by atoms with Crippen molar-refractivity contribution in [2.24, 2.45) is 0 Å². The monoisotopic (exact) mass is 380 g/mol. The van der Waals surface area contributed by atoms with Gasteiger partial charge in [-0.15, -0.1) is 0 Å². The zero-order valence-electron chi connectivity index (χ0n) is 15.5. The number of carbonyl (C=O) groups excluding carboxylic acids is 1. The SMILES string of the molecule is Cc1cc(C(=O)Nc2ccc(C)c(Cl)c2)nc(N(C)Cc2ccccc2)n1. The molecule has 2 aromatic carbocycles. The summed E-state index contributed by atoms with van der Waals surface area (Å²) in [5.74, 6) is 0.209. The van der Waals surface area contributed by atoms with Crippen LogP contribution < -0.4 is 10.2 Å². The first-order chi connectivity index (χ1) is 12.9. The Hall–Kier alpha value is -2.92. The summed E-state index contributed by atoms with van der Waals surface area (Å²) in [4.78, 5) is 23.4. The van der Waals surface area contributed by atoms with Gasteiger partial charge in [0.2, 0.25) is 5.95 Å². The molecule has 0 saturated heterocycles. The zero-order chi connectivity index (χ0) is 19.4. The molecule has 27 heavy (non-hydrogen) atoms. The van der Waals surface area contributed by atoms with Crippen molar-refractivity contribution < 1.29 is 4.79 Å². The number of halogens is 1. The van der Waals surface area contributed by atoms with Crippen LogP contribution in [0.3, 0.4) is 0 Å². The van der Waals surface area contributed by atoms with Crippen LogP contribution in [-0.4, -0.2) is 22.9 Å². The van der Waals surface area contributed by atoms with E-state index in [9.17, 15) is 4.79 Å². The molecule has 0 saturated carbocycles. The third-order valence-corrected chi connectivity index (χ3v) is 4.52. The van der Waals surface area contributed by atoms with Gasteiger partial charge in [-0.05, 0) is 43.2 Å². The average molecular weight is 381 g/mol. The second-order valence-electron chi connectivity index (χ2n) is 6.45. The topological polar surface area (TPSA) is 58.1 Å². The summed E-state index contributed by atoms with van der Waals surface area (Å²) in [6, 6.07) is 17.1. The van der Waals surface area contributed by atoms with Crippen LogP contribution in [-0.2, 0) is 6.54 Å². The van der Waals surface area contributed by atoms with Crippen molar-refractivity contribution in [3.63, 3.8) is 0 Å². The maximum atomic E-state index is 12.6. The van der Waals surface area contributed by atoms with Gasteiger partial charge in [-0.2, -0.15) is 0 Å². The molecule has 5 nitrogen and oxygen atoms in total. The number of nitrogens with zero attached hydrogens (tertiary/aromatic N) is 3. The summed E-state index contributed by atoms with van der Waals surface area (Å²) in [7, 11) is 1.91. The fourth-order valence-corrected chi connectivity index (χ4v) is 2.81. The van der Waals surface area contributed by atoms with E-state index < -0.39 is 0 Å². The number of aromatic nitrogens is 2. The number of aryl methyl sites for hydroxylation is 2. The summed E-state index contributed by atoms with van der Waals surface area (Å²) in [6.45, 7) is 4.41. The second kappa shape index (κ2) is 8.18. The molecular weight excluding hydrogens is 360 g/mol. The van der Waals surface area contributed by atoms with Crippen molar-refractivity contribution in [3.05, 3.63) is 82.1 Å². The van der Waals surface area contributed by atoms with Crippen LogP contribution in [0.5, 0.6) is 0 Å². The van der Waals surface area contributed by atoms with E-state index >= 15 is 0 Å².